The quantitative estimate of drug-likeness (QED) is 0.225. The second-order valence-electron chi connectivity index (χ2n) is 10.1. The molecule has 9 aromatic rings. The summed E-state index contributed by atoms with van der Waals surface area (Å²) in [5.41, 5.74) is 7.08. The van der Waals surface area contributed by atoms with Crippen LogP contribution in [0, 0.1) is 0 Å². The molecule has 0 fully saturated rings. The molecule has 0 bridgehead atoms. The van der Waals surface area contributed by atoms with E-state index in [1.54, 1.807) is 0 Å². The summed E-state index contributed by atoms with van der Waals surface area (Å²) < 4.78 is 7.41. The molecule has 0 spiro atoms. The standard InChI is InChI=1S/C35H21N3S/c1-2-8-22(9-3-1)37-29-12-6-4-10-24(29)28-20-23(14-16-30(28)37)38-31-17-15-26-25-11-5-7-13-33(25)39-35(26)34(31)27-18-19-36-21-32(27)38/h1-21H. The predicted molar refractivity (Wildman–Crippen MR) is 166 cm³/mol. The van der Waals surface area contributed by atoms with E-state index in [4.69, 9.17) is 0 Å². The number of aromatic nitrogens is 3. The van der Waals surface area contributed by atoms with Gasteiger partial charge in [-0.2, -0.15) is 0 Å². The van der Waals surface area contributed by atoms with Gasteiger partial charge in [-0.25, -0.2) is 0 Å². The Hall–Kier alpha value is -4.93. The second kappa shape index (κ2) is 7.79. The van der Waals surface area contributed by atoms with Crippen LogP contribution in [0.5, 0.6) is 0 Å². The van der Waals surface area contributed by atoms with Crippen molar-refractivity contribution in [2.45, 2.75) is 0 Å². The SMILES string of the molecule is c1ccc(-n2c3ccccc3c3cc(-n4c5cnccc5c5c6sc7ccccc7c6ccc54)ccc32)cc1. The normalized spacial score (nSPS) is 12.1. The highest BCUT2D eigenvalue weighted by atomic mass is 32.1. The Labute approximate surface area is 227 Å². The lowest BCUT2D eigenvalue weighted by molar-refractivity contribution is 1.16. The maximum Gasteiger partial charge on any atom is 0.0724 e. The maximum atomic E-state index is 4.55. The molecule has 3 nitrogen and oxygen atoms in total. The first-order valence-electron chi connectivity index (χ1n) is 13.1. The molecule has 4 heterocycles. The van der Waals surface area contributed by atoms with Gasteiger partial charge in [0.2, 0.25) is 0 Å². The molecule has 9 rings (SSSR count). The summed E-state index contributed by atoms with van der Waals surface area (Å²) in [4.78, 5) is 4.55. The first kappa shape index (κ1) is 21.1. The molecule has 182 valence electrons. The van der Waals surface area contributed by atoms with Crippen LogP contribution in [0.25, 0.3) is 75.2 Å². The highest BCUT2D eigenvalue weighted by molar-refractivity contribution is 7.26. The number of para-hydroxylation sites is 2. The van der Waals surface area contributed by atoms with Crippen molar-refractivity contribution in [3.63, 3.8) is 0 Å². The van der Waals surface area contributed by atoms with Crippen LogP contribution in [0.1, 0.15) is 0 Å². The van der Waals surface area contributed by atoms with Gasteiger partial charge in [-0.3, -0.25) is 4.98 Å². The van der Waals surface area contributed by atoms with Gasteiger partial charge in [0.15, 0.2) is 0 Å². The Balaban J connectivity index is 1.39. The van der Waals surface area contributed by atoms with Crippen LogP contribution in [0.4, 0.5) is 0 Å². The zero-order valence-electron chi connectivity index (χ0n) is 20.9. The van der Waals surface area contributed by atoms with Crippen molar-refractivity contribution in [3.8, 4) is 11.4 Å². The molecule has 0 radical (unpaired) electrons. The Bertz CT molecular complexity index is 2390. The largest absolute Gasteiger partial charge is 0.309 e. The lowest BCUT2D eigenvalue weighted by Crippen LogP contribution is -1.95. The summed E-state index contributed by atoms with van der Waals surface area (Å²) in [6.45, 7) is 0. The van der Waals surface area contributed by atoms with Crippen LogP contribution in [-0.4, -0.2) is 14.1 Å². The summed E-state index contributed by atoms with van der Waals surface area (Å²) in [6.07, 6.45) is 3.92. The van der Waals surface area contributed by atoms with E-state index in [-0.39, 0.29) is 0 Å². The third-order valence-electron chi connectivity index (χ3n) is 8.00. The predicted octanol–water partition coefficient (Wildman–Crippen LogP) is 9.64. The number of hydrogen-bond donors (Lipinski definition) is 0. The Kier molecular flexibility index (Phi) is 4.21. The lowest BCUT2D eigenvalue weighted by atomic mass is 10.1. The van der Waals surface area contributed by atoms with E-state index < -0.39 is 0 Å². The zero-order chi connectivity index (χ0) is 25.5. The highest BCUT2D eigenvalue weighted by Gasteiger charge is 2.19. The molecule has 0 N–H and O–H groups in total. The van der Waals surface area contributed by atoms with Crippen molar-refractivity contribution in [1.29, 1.82) is 0 Å². The van der Waals surface area contributed by atoms with Crippen molar-refractivity contribution in [2.75, 3.05) is 0 Å². The zero-order valence-corrected chi connectivity index (χ0v) is 21.7. The van der Waals surface area contributed by atoms with Gasteiger partial charge in [-0.1, -0.05) is 60.7 Å². The first-order valence-corrected chi connectivity index (χ1v) is 14.0. The first-order chi connectivity index (χ1) is 19.4. The topological polar surface area (TPSA) is 22.8 Å². The molecular formula is C35H21N3S. The smallest absolute Gasteiger partial charge is 0.0724 e. The molecule has 0 atom stereocenters. The summed E-state index contributed by atoms with van der Waals surface area (Å²) >= 11 is 1.88. The van der Waals surface area contributed by atoms with Crippen molar-refractivity contribution >= 4 is 75.1 Å². The number of thiophene rings is 1. The number of nitrogens with zero attached hydrogens (tertiary/aromatic N) is 3. The van der Waals surface area contributed by atoms with Gasteiger partial charge in [0.05, 0.1) is 28.3 Å². The van der Waals surface area contributed by atoms with E-state index in [1.807, 2.05) is 23.7 Å². The number of benzene rings is 5. The fraction of sp³-hybridized carbons (Fsp3) is 0. The van der Waals surface area contributed by atoms with Gasteiger partial charge in [-0.05, 0) is 54.6 Å². The lowest BCUT2D eigenvalue weighted by Gasteiger charge is -2.10. The molecule has 4 aromatic heterocycles. The highest BCUT2D eigenvalue weighted by Crippen LogP contribution is 2.43. The Morgan fingerprint density at radius 2 is 1.23 bits per heavy atom. The number of pyridine rings is 1. The number of rotatable bonds is 2. The average Bonchev–Trinajstić information content (AvgIpc) is 3.65. The van der Waals surface area contributed by atoms with Crippen molar-refractivity contribution < 1.29 is 0 Å². The van der Waals surface area contributed by atoms with E-state index in [0.29, 0.717) is 0 Å². The molecule has 5 aromatic carbocycles. The molecule has 0 saturated carbocycles. The average molecular weight is 516 g/mol. The fourth-order valence-electron chi connectivity index (χ4n) is 6.36. The van der Waals surface area contributed by atoms with Crippen LogP contribution in [0.3, 0.4) is 0 Å². The van der Waals surface area contributed by atoms with Crippen molar-refractivity contribution in [2.24, 2.45) is 0 Å². The molecule has 0 amide bonds. The van der Waals surface area contributed by atoms with Crippen LogP contribution in [0.2, 0.25) is 0 Å². The third kappa shape index (κ3) is 2.84. The Morgan fingerprint density at radius 1 is 0.487 bits per heavy atom. The van der Waals surface area contributed by atoms with Crippen molar-refractivity contribution in [1.82, 2.24) is 14.1 Å². The maximum absolute atomic E-state index is 4.55. The molecule has 0 aliphatic rings. The van der Waals surface area contributed by atoms with Crippen LogP contribution in [0.15, 0.2) is 128 Å². The van der Waals surface area contributed by atoms with Gasteiger partial charge >= 0.3 is 0 Å². The minimum absolute atomic E-state index is 1.13. The monoisotopic (exact) mass is 515 g/mol. The summed E-state index contributed by atoms with van der Waals surface area (Å²) in [6, 6.07) is 41.6. The summed E-state index contributed by atoms with van der Waals surface area (Å²) in [5.74, 6) is 0. The molecule has 4 heteroatoms. The van der Waals surface area contributed by atoms with E-state index in [2.05, 4.69) is 129 Å². The van der Waals surface area contributed by atoms with Gasteiger partial charge in [0.1, 0.15) is 0 Å². The minimum Gasteiger partial charge on any atom is -0.309 e. The fourth-order valence-corrected chi connectivity index (χ4v) is 7.62. The van der Waals surface area contributed by atoms with Gasteiger partial charge in [0, 0.05) is 59.3 Å². The van der Waals surface area contributed by atoms with Gasteiger partial charge < -0.3 is 9.13 Å². The van der Waals surface area contributed by atoms with E-state index >= 15 is 0 Å². The van der Waals surface area contributed by atoms with Crippen LogP contribution in [-0.2, 0) is 0 Å². The minimum atomic E-state index is 1.13. The van der Waals surface area contributed by atoms with Gasteiger partial charge in [-0.15, -0.1) is 11.3 Å². The summed E-state index contributed by atoms with van der Waals surface area (Å²) in [7, 11) is 0. The Morgan fingerprint density at radius 3 is 2.15 bits per heavy atom. The molecule has 0 aliphatic carbocycles. The summed E-state index contributed by atoms with van der Waals surface area (Å²) in [5, 5.41) is 7.68. The molecule has 0 aliphatic heterocycles. The second-order valence-corrected chi connectivity index (χ2v) is 11.1. The molecule has 39 heavy (non-hydrogen) atoms. The number of fused-ring (bicyclic) bond motifs is 10. The van der Waals surface area contributed by atoms with E-state index in [1.165, 1.54) is 64.0 Å². The third-order valence-corrected chi connectivity index (χ3v) is 9.21. The molecule has 0 unspecified atom stereocenters. The van der Waals surface area contributed by atoms with Gasteiger partial charge in [0.25, 0.3) is 0 Å². The van der Waals surface area contributed by atoms with Crippen molar-refractivity contribution in [3.05, 3.63) is 128 Å². The van der Waals surface area contributed by atoms with Crippen LogP contribution < -0.4 is 0 Å². The molecular weight excluding hydrogens is 494 g/mol. The van der Waals surface area contributed by atoms with Crippen LogP contribution >= 0.6 is 11.3 Å². The van der Waals surface area contributed by atoms with E-state index in [0.717, 1.165) is 11.2 Å². The van der Waals surface area contributed by atoms with E-state index in [9.17, 15) is 0 Å². The number of hydrogen-bond acceptors (Lipinski definition) is 2. The molecule has 0 saturated heterocycles.